The van der Waals surface area contributed by atoms with Crippen molar-refractivity contribution in [2.75, 3.05) is 26.2 Å². The number of hydrogen-bond acceptors (Lipinski definition) is 6. The molecule has 37 heavy (non-hydrogen) atoms. The second-order valence-corrected chi connectivity index (χ2v) is 11.3. The van der Waals surface area contributed by atoms with Crippen molar-refractivity contribution in [2.45, 2.75) is 30.8 Å². The Balaban J connectivity index is 1.54. The van der Waals surface area contributed by atoms with Crippen LogP contribution in [0.3, 0.4) is 0 Å². The molecule has 0 amide bonds. The van der Waals surface area contributed by atoms with Crippen LogP contribution in [0.15, 0.2) is 53.8 Å². The Morgan fingerprint density at radius 2 is 1.81 bits per heavy atom. The van der Waals surface area contributed by atoms with Crippen LogP contribution in [0.5, 0.6) is 0 Å². The number of nitrogens with zero attached hydrogens (tertiary/aromatic N) is 7. The summed E-state index contributed by atoms with van der Waals surface area (Å²) in [6.45, 7) is 2.36. The van der Waals surface area contributed by atoms with Crippen LogP contribution in [0.2, 0.25) is 0 Å². The van der Waals surface area contributed by atoms with Crippen LogP contribution in [-0.4, -0.2) is 74.5 Å². The average molecular weight is 534 g/mol. The van der Waals surface area contributed by atoms with E-state index in [9.17, 15) is 21.6 Å². The second kappa shape index (κ2) is 9.23. The minimum Gasteiger partial charge on any atom is -0.288 e. The summed E-state index contributed by atoms with van der Waals surface area (Å²) in [5, 5.41) is 12.8. The van der Waals surface area contributed by atoms with Crippen molar-refractivity contribution >= 4 is 20.9 Å². The lowest BCUT2D eigenvalue weighted by molar-refractivity contribution is -0.0373. The van der Waals surface area contributed by atoms with E-state index in [4.69, 9.17) is 0 Å². The third kappa shape index (κ3) is 4.98. The summed E-state index contributed by atoms with van der Waals surface area (Å²) in [5.74, 6) is -3.32. The molecule has 0 N–H and O–H groups in total. The van der Waals surface area contributed by atoms with Crippen LogP contribution in [0, 0.1) is 12.7 Å². The molecule has 1 aliphatic rings. The number of sulfonamides is 1. The van der Waals surface area contributed by atoms with Crippen molar-refractivity contribution in [1.82, 2.24) is 34.0 Å². The first-order chi connectivity index (χ1) is 17.4. The van der Waals surface area contributed by atoms with Crippen LogP contribution < -0.4 is 0 Å². The Bertz CT molecular complexity index is 1540. The summed E-state index contributed by atoms with van der Waals surface area (Å²) in [6, 6.07) is 9.06. The SMILES string of the molecule is Cc1cc2c(cnn2-c2ccc(F)cc2)cc1[C@@H]1CN(S(=O)(=O)c2cnn(C)n2)CCN1CC(C)(F)F. The lowest BCUT2D eigenvalue weighted by Crippen LogP contribution is -2.52. The van der Waals surface area contributed by atoms with E-state index in [2.05, 4.69) is 15.3 Å². The number of alkyl halides is 2. The predicted octanol–water partition coefficient (Wildman–Crippen LogP) is 3.30. The molecule has 0 unspecified atom stereocenters. The van der Waals surface area contributed by atoms with E-state index in [-0.39, 0.29) is 30.5 Å². The average Bonchev–Trinajstić information content (AvgIpc) is 3.45. The summed E-state index contributed by atoms with van der Waals surface area (Å²) >= 11 is 0. The van der Waals surface area contributed by atoms with Gasteiger partial charge in [0.15, 0.2) is 0 Å². The van der Waals surface area contributed by atoms with Gasteiger partial charge in [0, 0.05) is 45.0 Å². The smallest absolute Gasteiger partial charge is 0.264 e. The summed E-state index contributed by atoms with van der Waals surface area (Å²) in [5.41, 5.74) is 2.97. The minimum atomic E-state index is -3.96. The van der Waals surface area contributed by atoms with Gasteiger partial charge < -0.3 is 0 Å². The first-order valence-electron chi connectivity index (χ1n) is 11.6. The van der Waals surface area contributed by atoms with Crippen LogP contribution in [0.1, 0.15) is 24.1 Å². The fourth-order valence-electron chi connectivity index (χ4n) is 4.78. The van der Waals surface area contributed by atoms with Gasteiger partial charge in [0.25, 0.3) is 15.9 Å². The number of aryl methyl sites for hydroxylation is 2. The summed E-state index contributed by atoms with van der Waals surface area (Å²) in [7, 11) is -2.44. The zero-order chi connectivity index (χ0) is 26.5. The highest BCUT2D eigenvalue weighted by molar-refractivity contribution is 7.89. The van der Waals surface area contributed by atoms with Crippen molar-refractivity contribution in [3.8, 4) is 5.69 Å². The fraction of sp³-hybridized carbons (Fsp3) is 0.375. The van der Waals surface area contributed by atoms with Crippen molar-refractivity contribution in [2.24, 2.45) is 7.05 Å². The fourth-order valence-corrected chi connectivity index (χ4v) is 6.10. The van der Waals surface area contributed by atoms with Gasteiger partial charge in [0.2, 0.25) is 5.03 Å². The maximum absolute atomic E-state index is 14.1. The Labute approximate surface area is 212 Å². The molecule has 2 aromatic carbocycles. The topological polar surface area (TPSA) is 89.2 Å². The number of hydrogen-bond donors (Lipinski definition) is 0. The summed E-state index contributed by atoms with van der Waals surface area (Å²) < 4.78 is 71.1. The van der Waals surface area contributed by atoms with E-state index in [1.165, 1.54) is 29.7 Å². The van der Waals surface area contributed by atoms with E-state index in [1.807, 2.05) is 19.1 Å². The van der Waals surface area contributed by atoms with Gasteiger partial charge in [-0.1, -0.05) is 0 Å². The van der Waals surface area contributed by atoms with Gasteiger partial charge in [-0.05, 0) is 54.4 Å². The molecule has 1 saturated heterocycles. The number of rotatable bonds is 6. The van der Waals surface area contributed by atoms with Crippen LogP contribution in [0.25, 0.3) is 16.6 Å². The molecule has 3 heterocycles. The molecule has 9 nitrogen and oxygen atoms in total. The molecule has 0 radical (unpaired) electrons. The van der Waals surface area contributed by atoms with Crippen LogP contribution in [0.4, 0.5) is 13.2 Å². The normalized spacial score (nSPS) is 18.1. The van der Waals surface area contributed by atoms with Gasteiger partial charge in [0.05, 0.1) is 30.1 Å². The molecule has 5 rings (SSSR count). The Hall–Kier alpha value is -3.29. The van der Waals surface area contributed by atoms with E-state index in [0.29, 0.717) is 5.69 Å². The quantitative estimate of drug-likeness (QED) is 0.378. The Morgan fingerprint density at radius 1 is 1.08 bits per heavy atom. The van der Waals surface area contributed by atoms with Gasteiger partial charge in [-0.25, -0.2) is 26.3 Å². The van der Waals surface area contributed by atoms with E-state index in [1.54, 1.807) is 27.9 Å². The molecule has 0 spiro atoms. The summed E-state index contributed by atoms with van der Waals surface area (Å²) in [4.78, 5) is 2.79. The van der Waals surface area contributed by atoms with Gasteiger partial charge in [0.1, 0.15) is 5.82 Å². The number of benzene rings is 2. The first kappa shape index (κ1) is 25.4. The van der Waals surface area contributed by atoms with E-state index in [0.717, 1.165) is 33.8 Å². The van der Waals surface area contributed by atoms with Crippen molar-refractivity contribution in [3.63, 3.8) is 0 Å². The monoisotopic (exact) mass is 533 g/mol. The number of piperazine rings is 1. The van der Waals surface area contributed by atoms with Crippen LogP contribution in [-0.2, 0) is 17.1 Å². The van der Waals surface area contributed by atoms with Crippen LogP contribution >= 0.6 is 0 Å². The maximum Gasteiger partial charge on any atom is 0.264 e. The number of halogens is 3. The van der Waals surface area contributed by atoms with E-state index >= 15 is 0 Å². The molecule has 1 atom stereocenters. The highest BCUT2D eigenvalue weighted by atomic mass is 32.2. The standard InChI is InChI=1S/C24H26F3N7O2S/c1-16-10-21-17(12-29-34(21)19-6-4-18(25)5-7-19)11-20(16)22-14-33(9-8-32(22)15-24(2,26)27)37(35,36)23-13-28-31(3)30-23/h4-7,10-13,22H,8-9,14-15H2,1-3H3/t22-/m0/s1. The minimum absolute atomic E-state index is 0.0204. The molecule has 1 aliphatic heterocycles. The summed E-state index contributed by atoms with van der Waals surface area (Å²) in [6.07, 6.45) is 2.83. The maximum atomic E-state index is 14.1. The third-order valence-electron chi connectivity index (χ3n) is 6.50. The molecule has 0 saturated carbocycles. The van der Waals surface area contributed by atoms with Gasteiger partial charge >= 0.3 is 0 Å². The lowest BCUT2D eigenvalue weighted by atomic mass is 9.96. The van der Waals surface area contributed by atoms with Crippen molar-refractivity contribution in [3.05, 3.63) is 65.7 Å². The highest BCUT2D eigenvalue weighted by Gasteiger charge is 2.39. The molecule has 196 valence electrons. The van der Waals surface area contributed by atoms with Crippen molar-refractivity contribution in [1.29, 1.82) is 0 Å². The van der Waals surface area contributed by atoms with Gasteiger partial charge in [-0.2, -0.15) is 19.3 Å². The largest absolute Gasteiger partial charge is 0.288 e. The zero-order valence-corrected chi connectivity index (χ0v) is 21.3. The van der Waals surface area contributed by atoms with Crippen molar-refractivity contribution < 1.29 is 21.6 Å². The Kier molecular flexibility index (Phi) is 6.32. The molecule has 0 aliphatic carbocycles. The van der Waals surface area contributed by atoms with E-state index < -0.39 is 28.5 Å². The predicted molar refractivity (Wildman–Crippen MR) is 130 cm³/mol. The molecular formula is C24H26F3N7O2S. The number of aromatic nitrogens is 5. The Morgan fingerprint density at radius 3 is 2.46 bits per heavy atom. The molecular weight excluding hydrogens is 507 g/mol. The van der Waals surface area contributed by atoms with Gasteiger partial charge in [-0.15, -0.1) is 5.10 Å². The van der Waals surface area contributed by atoms with Gasteiger partial charge in [-0.3, -0.25) is 4.90 Å². The number of fused-ring (bicyclic) bond motifs is 1. The third-order valence-corrected chi connectivity index (χ3v) is 8.23. The molecule has 2 aromatic heterocycles. The molecule has 13 heteroatoms. The zero-order valence-electron chi connectivity index (χ0n) is 20.5. The highest BCUT2D eigenvalue weighted by Crippen LogP contribution is 2.34. The molecule has 1 fully saturated rings. The molecule has 4 aromatic rings. The first-order valence-corrected chi connectivity index (χ1v) is 13.1. The second-order valence-electron chi connectivity index (χ2n) is 9.39. The lowest BCUT2D eigenvalue weighted by Gasteiger charge is -2.42. The molecule has 0 bridgehead atoms.